The van der Waals surface area contributed by atoms with Crippen LogP contribution < -0.4 is 0 Å². The summed E-state index contributed by atoms with van der Waals surface area (Å²) in [5.74, 6) is -0.238. The van der Waals surface area contributed by atoms with E-state index < -0.39 is 0 Å². The van der Waals surface area contributed by atoms with Gasteiger partial charge in [0.15, 0.2) is 0 Å². The van der Waals surface area contributed by atoms with Crippen molar-refractivity contribution in [3.05, 3.63) is 96.1 Å². The summed E-state index contributed by atoms with van der Waals surface area (Å²) >= 11 is 0. The summed E-state index contributed by atoms with van der Waals surface area (Å²) in [7, 11) is 0. The van der Waals surface area contributed by atoms with Crippen LogP contribution in [0.25, 0.3) is 33.2 Å². The number of nitrogens with zero attached hydrogens (tertiary/aromatic N) is 2. The van der Waals surface area contributed by atoms with Crippen molar-refractivity contribution >= 4 is 21.8 Å². The molecular formula is C30H31FN2. The highest BCUT2D eigenvalue weighted by Gasteiger charge is 2.25. The molecule has 0 aliphatic carbocycles. The van der Waals surface area contributed by atoms with Crippen LogP contribution in [0.3, 0.4) is 0 Å². The van der Waals surface area contributed by atoms with Crippen molar-refractivity contribution in [1.29, 1.82) is 0 Å². The van der Waals surface area contributed by atoms with Gasteiger partial charge in [-0.1, -0.05) is 77.9 Å². The molecule has 0 saturated heterocycles. The van der Waals surface area contributed by atoms with Crippen LogP contribution in [0.4, 0.5) is 4.39 Å². The van der Waals surface area contributed by atoms with E-state index in [2.05, 4.69) is 105 Å². The molecule has 0 radical (unpaired) electrons. The van der Waals surface area contributed by atoms with Gasteiger partial charge in [0, 0.05) is 33.0 Å². The predicted molar refractivity (Wildman–Crippen MR) is 137 cm³/mol. The first-order valence-electron chi connectivity index (χ1n) is 11.6. The van der Waals surface area contributed by atoms with Gasteiger partial charge in [-0.2, -0.15) is 0 Å². The first kappa shape index (κ1) is 21.5. The van der Waals surface area contributed by atoms with E-state index in [0.29, 0.717) is 0 Å². The highest BCUT2D eigenvalue weighted by molar-refractivity contribution is 5.85. The van der Waals surface area contributed by atoms with Crippen molar-refractivity contribution in [2.24, 2.45) is 0 Å². The molecule has 33 heavy (non-hydrogen) atoms. The Hall–Kier alpha value is -3.33. The fourth-order valence-electron chi connectivity index (χ4n) is 4.79. The molecule has 3 heteroatoms. The lowest BCUT2D eigenvalue weighted by atomic mass is 9.91. The van der Waals surface area contributed by atoms with Crippen molar-refractivity contribution in [2.75, 3.05) is 0 Å². The van der Waals surface area contributed by atoms with Crippen LogP contribution in [0.1, 0.15) is 52.9 Å². The SMILES string of the molecule is CC(C)(C)c1cc2ccccc2n1-c1cc(F)cc(-n2c(C(C)(C)C)cc3ccccc32)c1. The topological polar surface area (TPSA) is 9.86 Å². The summed E-state index contributed by atoms with van der Waals surface area (Å²) in [5, 5.41) is 2.32. The van der Waals surface area contributed by atoms with Crippen molar-refractivity contribution in [3.63, 3.8) is 0 Å². The van der Waals surface area contributed by atoms with Crippen molar-refractivity contribution in [1.82, 2.24) is 9.13 Å². The lowest BCUT2D eigenvalue weighted by Crippen LogP contribution is -2.18. The first-order valence-corrected chi connectivity index (χ1v) is 11.6. The molecule has 0 atom stereocenters. The zero-order valence-corrected chi connectivity index (χ0v) is 20.3. The third-order valence-electron chi connectivity index (χ3n) is 6.34. The fourth-order valence-corrected chi connectivity index (χ4v) is 4.79. The Labute approximate surface area is 195 Å². The third kappa shape index (κ3) is 3.66. The lowest BCUT2D eigenvalue weighted by Gasteiger charge is -2.24. The quantitative estimate of drug-likeness (QED) is 0.262. The molecule has 5 aromatic rings. The van der Waals surface area contributed by atoms with Gasteiger partial charge in [-0.15, -0.1) is 0 Å². The molecular weight excluding hydrogens is 407 g/mol. The van der Waals surface area contributed by atoms with Crippen LogP contribution in [0, 0.1) is 5.82 Å². The average Bonchev–Trinajstić information content (AvgIpc) is 3.32. The molecule has 0 aliphatic rings. The van der Waals surface area contributed by atoms with Crippen LogP contribution >= 0.6 is 0 Å². The molecule has 0 N–H and O–H groups in total. The molecule has 3 aromatic carbocycles. The standard InChI is InChI=1S/C30H31FN2/c1-29(2,3)27-15-20-11-7-9-13-25(20)32(27)23-17-22(31)18-24(19-23)33-26-14-10-8-12-21(26)16-28(33)30(4,5)6/h7-19H,1-6H3. The second-order valence-corrected chi connectivity index (χ2v) is 11.0. The Morgan fingerprint density at radius 1 is 0.545 bits per heavy atom. The Morgan fingerprint density at radius 3 is 1.33 bits per heavy atom. The number of aromatic nitrogens is 2. The van der Waals surface area contributed by atoms with E-state index in [-0.39, 0.29) is 16.6 Å². The van der Waals surface area contributed by atoms with Gasteiger partial charge in [0.05, 0.1) is 22.4 Å². The Morgan fingerprint density at radius 2 is 0.939 bits per heavy atom. The maximum atomic E-state index is 15.2. The van der Waals surface area contributed by atoms with Crippen molar-refractivity contribution in [3.8, 4) is 11.4 Å². The van der Waals surface area contributed by atoms with Gasteiger partial charge in [-0.25, -0.2) is 4.39 Å². The molecule has 0 fully saturated rings. The number of hydrogen-bond donors (Lipinski definition) is 0. The predicted octanol–water partition coefficient (Wildman–Crippen LogP) is 8.31. The van der Waals surface area contributed by atoms with Crippen molar-refractivity contribution in [2.45, 2.75) is 52.4 Å². The van der Waals surface area contributed by atoms with Crippen LogP contribution in [0.2, 0.25) is 0 Å². The van der Waals surface area contributed by atoms with Gasteiger partial charge >= 0.3 is 0 Å². The van der Waals surface area contributed by atoms with Gasteiger partial charge < -0.3 is 9.13 Å². The third-order valence-corrected chi connectivity index (χ3v) is 6.34. The summed E-state index contributed by atoms with van der Waals surface area (Å²) in [6.45, 7) is 13.2. The second-order valence-electron chi connectivity index (χ2n) is 11.0. The molecule has 2 heterocycles. The summed E-state index contributed by atoms with van der Waals surface area (Å²) in [4.78, 5) is 0. The minimum absolute atomic E-state index is 0.0950. The molecule has 0 amide bonds. The Kier molecular flexibility index (Phi) is 4.79. The Balaban J connectivity index is 1.83. The van der Waals surface area contributed by atoms with E-state index in [1.807, 2.05) is 12.1 Å². The zero-order valence-electron chi connectivity index (χ0n) is 20.3. The van der Waals surface area contributed by atoms with E-state index in [9.17, 15) is 0 Å². The minimum atomic E-state index is -0.238. The first-order chi connectivity index (χ1) is 15.5. The second kappa shape index (κ2) is 7.34. The Bertz CT molecular complexity index is 1380. The van der Waals surface area contributed by atoms with Gasteiger partial charge in [0.2, 0.25) is 0 Å². The van der Waals surface area contributed by atoms with Crippen LogP contribution in [0.15, 0.2) is 78.9 Å². The van der Waals surface area contributed by atoms with Gasteiger partial charge in [-0.05, 0) is 42.5 Å². The smallest absolute Gasteiger partial charge is 0.127 e. The molecule has 0 aliphatic heterocycles. The maximum Gasteiger partial charge on any atom is 0.127 e. The molecule has 0 saturated carbocycles. The highest BCUT2D eigenvalue weighted by Crippen LogP contribution is 2.36. The monoisotopic (exact) mass is 438 g/mol. The van der Waals surface area contributed by atoms with Crippen LogP contribution in [-0.2, 0) is 10.8 Å². The maximum absolute atomic E-state index is 15.2. The molecule has 0 spiro atoms. The highest BCUT2D eigenvalue weighted by atomic mass is 19.1. The largest absolute Gasteiger partial charge is 0.313 e. The van der Waals surface area contributed by atoms with Gasteiger partial charge in [0.1, 0.15) is 5.82 Å². The lowest BCUT2D eigenvalue weighted by molar-refractivity contribution is 0.555. The van der Waals surface area contributed by atoms with Gasteiger partial charge in [0.25, 0.3) is 0 Å². The zero-order chi connectivity index (χ0) is 23.5. The summed E-state index contributed by atoms with van der Waals surface area (Å²) in [6, 6.07) is 26.5. The van der Waals surface area contributed by atoms with E-state index in [4.69, 9.17) is 0 Å². The van der Waals surface area contributed by atoms with E-state index >= 15 is 4.39 Å². The molecule has 168 valence electrons. The number of benzene rings is 3. The van der Waals surface area contributed by atoms with Crippen molar-refractivity contribution < 1.29 is 4.39 Å². The van der Waals surface area contributed by atoms with Crippen LogP contribution in [0.5, 0.6) is 0 Å². The molecule has 0 bridgehead atoms. The number of hydrogen-bond acceptors (Lipinski definition) is 0. The molecule has 2 nitrogen and oxygen atoms in total. The van der Waals surface area contributed by atoms with E-state index in [1.54, 1.807) is 12.1 Å². The summed E-state index contributed by atoms with van der Waals surface area (Å²) < 4.78 is 19.7. The normalized spacial score (nSPS) is 12.7. The number of fused-ring (bicyclic) bond motifs is 2. The fraction of sp³-hybridized carbons (Fsp3) is 0.267. The minimum Gasteiger partial charge on any atom is -0.313 e. The molecule has 2 aromatic heterocycles. The summed E-state index contributed by atoms with van der Waals surface area (Å²) in [6.07, 6.45) is 0. The average molecular weight is 439 g/mol. The number of rotatable bonds is 2. The summed E-state index contributed by atoms with van der Waals surface area (Å²) in [5.41, 5.74) is 5.99. The van der Waals surface area contributed by atoms with E-state index in [0.717, 1.165) is 44.6 Å². The number of para-hydroxylation sites is 2. The molecule has 5 rings (SSSR count). The van der Waals surface area contributed by atoms with Gasteiger partial charge in [-0.3, -0.25) is 0 Å². The molecule has 0 unspecified atom stereocenters. The van der Waals surface area contributed by atoms with E-state index in [1.165, 1.54) is 0 Å². The van der Waals surface area contributed by atoms with Crippen LogP contribution in [-0.4, -0.2) is 9.13 Å². The number of halogens is 1.